The van der Waals surface area contributed by atoms with E-state index in [4.69, 9.17) is 4.74 Å². The van der Waals surface area contributed by atoms with Crippen molar-refractivity contribution in [3.05, 3.63) is 59.9 Å². The highest BCUT2D eigenvalue weighted by Gasteiger charge is 2.22. The van der Waals surface area contributed by atoms with Crippen LogP contribution in [0.1, 0.15) is 38.7 Å². The molecule has 0 N–H and O–H groups in total. The van der Waals surface area contributed by atoms with Crippen LogP contribution >= 0.6 is 0 Å². The largest absolute Gasteiger partial charge is 0.463 e. The van der Waals surface area contributed by atoms with Gasteiger partial charge in [0, 0.05) is 5.56 Å². The van der Waals surface area contributed by atoms with E-state index in [0.29, 0.717) is 17.5 Å². The molecule has 0 aliphatic heterocycles. The van der Waals surface area contributed by atoms with Crippen LogP contribution in [0.4, 0.5) is 4.39 Å². The van der Waals surface area contributed by atoms with E-state index in [0.717, 1.165) is 5.56 Å². The molecule has 1 unspecified atom stereocenters. The van der Waals surface area contributed by atoms with Crippen molar-refractivity contribution < 1.29 is 13.9 Å². The minimum atomic E-state index is -0.429. The van der Waals surface area contributed by atoms with Crippen molar-refractivity contribution in [2.75, 3.05) is 0 Å². The number of carbonyl (C=O) groups excluding carboxylic acids is 1. The Morgan fingerprint density at radius 2 is 1.82 bits per heavy atom. The molecule has 0 aliphatic carbocycles. The maximum atomic E-state index is 14.4. The summed E-state index contributed by atoms with van der Waals surface area (Å²) in [7, 11) is 0. The van der Waals surface area contributed by atoms with E-state index in [2.05, 4.69) is 0 Å². The van der Waals surface area contributed by atoms with Crippen molar-refractivity contribution in [3.63, 3.8) is 0 Å². The summed E-state index contributed by atoms with van der Waals surface area (Å²) in [5, 5.41) is 0. The zero-order valence-electron chi connectivity index (χ0n) is 13.2. The molecule has 0 aliphatic rings. The van der Waals surface area contributed by atoms with Crippen molar-refractivity contribution in [2.24, 2.45) is 0 Å². The van der Waals surface area contributed by atoms with Gasteiger partial charge in [-0.1, -0.05) is 49.4 Å². The molecule has 0 bridgehead atoms. The molecule has 2 rings (SSSR count). The number of rotatable bonds is 5. The molecule has 0 fully saturated rings. The second kappa shape index (κ2) is 7.21. The van der Waals surface area contributed by atoms with Crippen molar-refractivity contribution in [3.8, 4) is 11.1 Å². The molecule has 0 heterocycles. The van der Waals surface area contributed by atoms with Crippen molar-refractivity contribution in [1.29, 1.82) is 0 Å². The van der Waals surface area contributed by atoms with E-state index < -0.39 is 5.92 Å². The van der Waals surface area contributed by atoms with Crippen molar-refractivity contribution in [1.82, 2.24) is 0 Å². The number of ether oxygens (including phenoxy) is 1. The highest BCUT2D eigenvalue weighted by Crippen LogP contribution is 2.28. The van der Waals surface area contributed by atoms with Gasteiger partial charge in [0.2, 0.25) is 0 Å². The number of hydrogen-bond donors (Lipinski definition) is 0. The Labute approximate surface area is 130 Å². The molecular formula is C19H21FO2. The van der Waals surface area contributed by atoms with Crippen molar-refractivity contribution in [2.45, 2.75) is 39.2 Å². The van der Waals surface area contributed by atoms with E-state index >= 15 is 0 Å². The molecular weight excluding hydrogens is 279 g/mol. The lowest BCUT2D eigenvalue weighted by Crippen LogP contribution is -2.19. The lowest BCUT2D eigenvalue weighted by Gasteiger charge is -2.17. The molecule has 0 saturated carbocycles. The van der Waals surface area contributed by atoms with E-state index in [1.807, 2.05) is 51.1 Å². The van der Waals surface area contributed by atoms with Gasteiger partial charge >= 0.3 is 5.97 Å². The summed E-state index contributed by atoms with van der Waals surface area (Å²) < 4.78 is 19.7. The van der Waals surface area contributed by atoms with E-state index in [1.54, 1.807) is 12.1 Å². The summed E-state index contributed by atoms with van der Waals surface area (Å²) in [6.45, 7) is 5.52. The molecule has 1 atom stereocenters. The first-order valence-electron chi connectivity index (χ1n) is 7.58. The number of esters is 1. The Morgan fingerprint density at radius 3 is 2.36 bits per heavy atom. The molecule has 0 spiro atoms. The maximum Gasteiger partial charge on any atom is 0.313 e. The maximum absolute atomic E-state index is 14.4. The zero-order chi connectivity index (χ0) is 16.1. The molecule has 22 heavy (non-hydrogen) atoms. The van der Waals surface area contributed by atoms with E-state index in [1.165, 1.54) is 6.07 Å². The number of halogens is 1. The van der Waals surface area contributed by atoms with Gasteiger partial charge in [-0.3, -0.25) is 4.79 Å². The Balaban J connectivity index is 2.30. The molecule has 116 valence electrons. The quantitative estimate of drug-likeness (QED) is 0.731. The monoisotopic (exact) mass is 300 g/mol. The van der Waals surface area contributed by atoms with Gasteiger partial charge in [-0.05, 0) is 37.5 Å². The highest BCUT2D eigenvalue weighted by molar-refractivity contribution is 5.78. The van der Waals surface area contributed by atoms with Gasteiger partial charge in [-0.2, -0.15) is 0 Å². The average Bonchev–Trinajstić information content (AvgIpc) is 2.48. The Bertz CT molecular complexity index is 635. The molecule has 0 amide bonds. The summed E-state index contributed by atoms with van der Waals surface area (Å²) in [6.07, 6.45) is 0.408. The third kappa shape index (κ3) is 3.73. The lowest BCUT2D eigenvalue weighted by atomic mass is 9.94. The SMILES string of the molecule is CCC(C(=O)OC(C)C)c1ccc(-c2ccccc2)c(F)c1. The van der Waals surface area contributed by atoms with E-state index in [9.17, 15) is 9.18 Å². The highest BCUT2D eigenvalue weighted by atomic mass is 19.1. The van der Waals surface area contributed by atoms with E-state index in [-0.39, 0.29) is 17.9 Å². The van der Waals surface area contributed by atoms with Gasteiger partial charge in [0.25, 0.3) is 0 Å². The fourth-order valence-electron chi connectivity index (χ4n) is 2.45. The van der Waals surface area contributed by atoms with Gasteiger partial charge in [-0.25, -0.2) is 4.39 Å². The lowest BCUT2D eigenvalue weighted by molar-refractivity contribution is -0.149. The fraction of sp³-hybridized carbons (Fsp3) is 0.316. The Kier molecular flexibility index (Phi) is 5.31. The first-order chi connectivity index (χ1) is 10.5. The molecule has 0 radical (unpaired) electrons. The summed E-state index contributed by atoms with van der Waals surface area (Å²) in [6, 6.07) is 14.3. The normalized spacial score (nSPS) is 12.2. The number of hydrogen-bond acceptors (Lipinski definition) is 2. The van der Waals surface area contributed by atoms with Crippen LogP contribution in [0.15, 0.2) is 48.5 Å². The molecule has 2 nitrogen and oxygen atoms in total. The second-order valence-corrected chi connectivity index (χ2v) is 5.55. The minimum absolute atomic E-state index is 0.171. The van der Waals surface area contributed by atoms with Crippen LogP contribution in [0.2, 0.25) is 0 Å². The topological polar surface area (TPSA) is 26.3 Å². The van der Waals surface area contributed by atoms with Crippen LogP contribution in [0.25, 0.3) is 11.1 Å². The van der Waals surface area contributed by atoms with Crippen LogP contribution in [-0.4, -0.2) is 12.1 Å². The minimum Gasteiger partial charge on any atom is -0.463 e. The molecule has 0 saturated heterocycles. The fourth-order valence-corrected chi connectivity index (χ4v) is 2.45. The van der Waals surface area contributed by atoms with Crippen LogP contribution in [0.5, 0.6) is 0 Å². The third-order valence-corrected chi connectivity index (χ3v) is 3.52. The molecule has 2 aromatic carbocycles. The second-order valence-electron chi connectivity index (χ2n) is 5.55. The smallest absolute Gasteiger partial charge is 0.313 e. The van der Waals surface area contributed by atoms with Crippen molar-refractivity contribution >= 4 is 5.97 Å². The van der Waals surface area contributed by atoms with Gasteiger partial charge in [-0.15, -0.1) is 0 Å². The summed E-state index contributed by atoms with van der Waals surface area (Å²) in [4.78, 5) is 12.1. The first-order valence-corrected chi connectivity index (χ1v) is 7.58. The predicted molar refractivity (Wildman–Crippen MR) is 86.1 cm³/mol. The predicted octanol–water partition coefficient (Wildman–Crippen LogP) is 4.94. The van der Waals surface area contributed by atoms with Gasteiger partial charge in [0.15, 0.2) is 0 Å². The Hall–Kier alpha value is -2.16. The molecule has 3 heteroatoms. The van der Waals surface area contributed by atoms with Crippen LogP contribution in [-0.2, 0) is 9.53 Å². The number of carbonyl (C=O) groups is 1. The van der Waals surface area contributed by atoms with Gasteiger partial charge < -0.3 is 4.74 Å². The summed E-state index contributed by atoms with van der Waals surface area (Å²) in [5.41, 5.74) is 2.02. The van der Waals surface area contributed by atoms with Gasteiger partial charge in [0.05, 0.1) is 12.0 Å². The first kappa shape index (κ1) is 16.2. The van der Waals surface area contributed by atoms with Crippen LogP contribution < -0.4 is 0 Å². The van der Waals surface area contributed by atoms with Crippen LogP contribution in [0, 0.1) is 5.82 Å². The number of benzene rings is 2. The zero-order valence-corrected chi connectivity index (χ0v) is 13.2. The standard InChI is InChI=1S/C19H21FO2/c1-4-16(19(21)22-13(2)3)15-10-11-17(18(20)12-15)14-8-6-5-7-9-14/h5-13,16H,4H2,1-3H3. The van der Waals surface area contributed by atoms with Gasteiger partial charge in [0.1, 0.15) is 5.82 Å². The summed E-state index contributed by atoms with van der Waals surface area (Å²) >= 11 is 0. The summed E-state index contributed by atoms with van der Waals surface area (Å²) in [5.74, 6) is -1.05. The third-order valence-electron chi connectivity index (χ3n) is 3.52. The molecule has 2 aromatic rings. The average molecular weight is 300 g/mol. The molecule has 0 aromatic heterocycles. The Morgan fingerprint density at radius 1 is 1.14 bits per heavy atom. The van der Waals surface area contributed by atoms with Crippen LogP contribution in [0.3, 0.4) is 0 Å².